The van der Waals surface area contributed by atoms with Gasteiger partial charge in [0, 0.05) is 23.1 Å². The topological polar surface area (TPSA) is 23.5 Å². The summed E-state index contributed by atoms with van der Waals surface area (Å²) < 4.78 is 1.05. The zero-order valence-electron chi connectivity index (χ0n) is 11.2. The third-order valence-electron chi connectivity index (χ3n) is 3.81. The Balaban J connectivity index is 2.02. The van der Waals surface area contributed by atoms with Crippen LogP contribution in [0.25, 0.3) is 0 Å². The number of benzene rings is 1. The van der Waals surface area contributed by atoms with Crippen molar-refractivity contribution in [2.75, 3.05) is 13.1 Å². The zero-order chi connectivity index (χ0) is 13.1. The molecule has 3 heteroatoms. The first-order valence-electron chi connectivity index (χ1n) is 6.80. The van der Waals surface area contributed by atoms with Gasteiger partial charge in [0.25, 0.3) is 0 Å². The Morgan fingerprint density at radius 2 is 2.22 bits per heavy atom. The average molecular weight is 312 g/mol. The minimum atomic E-state index is 0.456. The molecule has 0 aromatic heterocycles. The number of hydrogen-bond donors (Lipinski definition) is 1. The van der Waals surface area contributed by atoms with E-state index in [0.29, 0.717) is 5.75 Å². The molecule has 2 nitrogen and oxygen atoms in total. The van der Waals surface area contributed by atoms with Crippen LogP contribution >= 0.6 is 15.9 Å². The van der Waals surface area contributed by atoms with Crippen molar-refractivity contribution in [3.05, 3.63) is 27.7 Å². The summed E-state index contributed by atoms with van der Waals surface area (Å²) in [5.74, 6) is 1.31. The third kappa shape index (κ3) is 3.27. The lowest BCUT2D eigenvalue weighted by Crippen LogP contribution is -2.20. The Bertz CT molecular complexity index is 419. The van der Waals surface area contributed by atoms with Crippen molar-refractivity contribution in [3.63, 3.8) is 0 Å². The van der Waals surface area contributed by atoms with Crippen LogP contribution in [0.2, 0.25) is 0 Å². The molecule has 2 rings (SSSR count). The molecule has 1 heterocycles. The van der Waals surface area contributed by atoms with Gasteiger partial charge < -0.3 is 5.11 Å². The van der Waals surface area contributed by atoms with Gasteiger partial charge in [-0.15, -0.1) is 0 Å². The van der Waals surface area contributed by atoms with Crippen molar-refractivity contribution in [1.82, 2.24) is 4.90 Å². The lowest BCUT2D eigenvalue weighted by atomic mass is 10.0. The number of likely N-dealkylation sites (tertiary alicyclic amines) is 1. The van der Waals surface area contributed by atoms with Gasteiger partial charge in [0.05, 0.1) is 0 Å². The highest BCUT2D eigenvalue weighted by Gasteiger charge is 2.22. The number of halogens is 1. The molecule has 0 aliphatic carbocycles. The summed E-state index contributed by atoms with van der Waals surface area (Å²) in [5.41, 5.74) is 1.99. The van der Waals surface area contributed by atoms with Gasteiger partial charge in [-0.25, -0.2) is 0 Å². The predicted molar refractivity (Wildman–Crippen MR) is 78.8 cm³/mol. The molecule has 1 N–H and O–H groups in total. The Morgan fingerprint density at radius 3 is 2.94 bits per heavy atom. The van der Waals surface area contributed by atoms with Crippen LogP contribution in [0.5, 0.6) is 5.75 Å². The number of phenolic OH excluding ortho intramolecular Hbond substituents is 1. The molecule has 0 amide bonds. The fourth-order valence-electron chi connectivity index (χ4n) is 2.87. The summed E-state index contributed by atoms with van der Waals surface area (Å²) in [5, 5.41) is 10.1. The van der Waals surface area contributed by atoms with Crippen molar-refractivity contribution >= 4 is 15.9 Å². The van der Waals surface area contributed by atoms with Gasteiger partial charge in [0.15, 0.2) is 0 Å². The fourth-order valence-corrected chi connectivity index (χ4v) is 3.49. The summed E-state index contributed by atoms with van der Waals surface area (Å²) in [4.78, 5) is 2.46. The second kappa shape index (κ2) is 6.07. The molecular weight excluding hydrogens is 290 g/mol. The van der Waals surface area contributed by atoms with E-state index in [4.69, 9.17) is 0 Å². The monoisotopic (exact) mass is 311 g/mol. The van der Waals surface area contributed by atoms with E-state index >= 15 is 0 Å². The Hall–Kier alpha value is -0.540. The SMILES string of the molecule is CCCC1CCN(Cc2cc(Br)cc(C)c2O)C1. The second-order valence-electron chi connectivity index (χ2n) is 5.41. The number of hydrogen-bond acceptors (Lipinski definition) is 2. The number of aryl methyl sites for hydroxylation is 1. The highest BCUT2D eigenvalue weighted by atomic mass is 79.9. The number of rotatable bonds is 4. The molecule has 0 spiro atoms. The van der Waals surface area contributed by atoms with Crippen LogP contribution in [-0.4, -0.2) is 23.1 Å². The number of nitrogens with zero attached hydrogens (tertiary/aromatic N) is 1. The molecule has 1 fully saturated rings. The van der Waals surface area contributed by atoms with Gasteiger partial charge in [0.2, 0.25) is 0 Å². The molecule has 1 atom stereocenters. The molecule has 1 aliphatic heterocycles. The maximum Gasteiger partial charge on any atom is 0.123 e. The summed E-state index contributed by atoms with van der Waals surface area (Å²) in [6.45, 7) is 7.42. The van der Waals surface area contributed by atoms with Crippen LogP contribution < -0.4 is 0 Å². The van der Waals surface area contributed by atoms with E-state index in [9.17, 15) is 5.11 Å². The summed E-state index contributed by atoms with van der Waals surface area (Å²) >= 11 is 3.50. The summed E-state index contributed by atoms with van der Waals surface area (Å²) in [6, 6.07) is 4.00. The first-order valence-corrected chi connectivity index (χ1v) is 7.59. The van der Waals surface area contributed by atoms with Crippen LogP contribution in [0.3, 0.4) is 0 Å². The molecule has 100 valence electrons. The first-order chi connectivity index (χ1) is 8.60. The number of aromatic hydroxyl groups is 1. The van der Waals surface area contributed by atoms with Crippen molar-refractivity contribution in [3.8, 4) is 5.75 Å². The fraction of sp³-hybridized carbons (Fsp3) is 0.600. The molecular formula is C15H22BrNO. The van der Waals surface area contributed by atoms with E-state index in [1.165, 1.54) is 25.8 Å². The molecule has 0 saturated carbocycles. The first kappa shape index (κ1) is 13.9. The van der Waals surface area contributed by atoms with Crippen molar-refractivity contribution in [1.29, 1.82) is 0 Å². The molecule has 1 unspecified atom stereocenters. The normalized spacial score (nSPS) is 20.5. The van der Waals surface area contributed by atoms with Crippen LogP contribution in [0.4, 0.5) is 0 Å². The van der Waals surface area contributed by atoms with Crippen LogP contribution in [0.15, 0.2) is 16.6 Å². The Kier molecular flexibility index (Phi) is 4.68. The minimum absolute atomic E-state index is 0.456. The van der Waals surface area contributed by atoms with Gasteiger partial charge in [-0.1, -0.05) is 29.3 Å². The van der Waals surface area contributed by atoms with Crippen molar-refractivity contribution in [2.45, 2.75) is 39.7 Å². The van der Waals surface area contributed by atoms with Crippen molar-refractivity contribution < 1.29 is 5.11 Å². The lowest BCUT2D eigenvalue weighted by Gasteiger charge is -2.18. The van der Waals surface area contributed by atoms with Gasteiger partial charge in [-0.3, -0.25) is 4.90 Å². The number of phenols is 1. The van der Waals surface area contributed by atoms with Crippen LogP contribution in [-0.2, 0) is 6.54 Å². The van der Waals surface area contributed by atoms with E-state index in [1.54, 1.807) is 0 Å². The van der Waals surface area contributed by atoms with E-state index in [-0.39, 0.29) is 0 Å². The molecule has 1 saturated heterocycles. The van der Waals surface area contributed by atoms with E-state index in [1.807, 2.05) is 19.1 Å². The quantitative estimate of drug-likeness (QED) is 0.905. The lowest BCUT2D eigenvalue weighted by molar-refractivity contribution is 0.307. The molecule has 1 aromatic rings. The molecule has 18 heavy (non-hydrogen) atoms. The van der Waals surface area contributed by atoms with Crippen molar-refractivity contribution in [2.24, 2.45) is 5.92 Å². The van der Waals surface area contributed by atoms with E-state index < -0.39 is 0 Å². The Labute approximate surface area is 118 Å². The summed E-state index contributed by atoms with van der Waals surface area (Å²) in [6.07, 6.45) is 3.92. The highest BCUT2D eigenvalue weighted by Crippen LogP contribution is 2.30. The van der Waals surface area contributed by atoms with Gasteiger partial charge in [-0.05, 0) is 49.9 Å². The molecule has 1 aromatic carbocycles. The highest BCUT2D eigenvalue weighted by molar-refractivity contribution is 9.10. The standard InChI is InChI=1S/C15H22BrNO/c1-3-4-12-5-6-17(9-12)10-13-8-14(16)7-11(2)15(13)18/h7-8,12,18H,3-6,9-10H2,1-2H3. The maximum atomic E-state index is 10.1. The molecule has 0 bridgehead atoms. The van der Waals surface area contributed by atoms with Crippen LogP contribution in [0, 0.1) is 12.8 Å². The van der Waals surface area contributed by atoms with E-state index in [2.05, 4.69) is 27.8 Å². The Morgan fingerprint density at radius 1 is 1.44 bits per heavy atom. The summed E-state index contributed by atoms with van der Waals surface area (Å²) in [7, 11) is 0. The maximum absolute atomic E-state index is 10.1. The van der Waals surface area contributed by atoms with Gasteiger partial charge in [0.1, 0.15) is 5.75 Å². The largest absolute Gasteiger partial charge is 0.507 e. The zero-order valence-corrected chi connectivity index (χ0v) is 12.8. The van der Waals surface area contributed by atoms with Crippen LogP contribution in [0.1, 0.15) is 37.3 Å². The second-order valence-corrected chi connectivity index (χ2v) is 6.32. The minimum Gasteiger partial charge on any atom is -0.507 e. The van der Waals surface area contributed by atoms with Gasteiger partial charge in [-0.2, -0.15) is 0 Å². The smallest absolute Gasteiger partial charge is 0.123 e. The third-order valence-corrected chi connectivity index (χ3v) is 4.26. The molecule has 1 aliphatic rings. The van der Waals surface area contributed by atoms with Gasteiger partial charge >= 0.3 is 0 Å². The average Bonchev–Trinajstić information content (AvgIpc) is 2.73. The molecule has 0 radical (unpaired) electrons. The van der Waals surface area contributed by atoms with E-state index in [0.717, 1.165) is 34.6 Å². The predicted octanol–water partition coefficient (Wildman–Crippen LogP) is 4.09.